The second-order valence-electron chi connectivity index (χ2n) is 3.32. The number of carboxylic acids is 1. The van der Waals surface area contributed by atoms with Crippen LogP contribution >= 0.6 is 0 Å². The lowest BCUT2D eigenvalue weighted by atomic mass is 10.2. The van der Waals surface area contributed by atoms with Crippen molar-refractivity contribution in [3.05, 3.63) is 0 Å². The van der Waals surface area contributed by atoms with Crippen molar-refractivity contribution in [2.75, 3.05) is 6.54 Å². The molecule has 3 amide bonds. The maximum absolute atomic E-state index is 11.2. The number of hydrogen-bond acceptors (Lipinski definition) is 3. The molecule has 0 fully saturated rings. The molecule has 0 aromatic rings. The van der Waals surface area contributed by atoms with E-state index >= 15 is 0 Å². The van der Waals surface area contributed by atoms with Crippen LogP contribution in [0.2, 0.25) is 0 Å². The molecule has 0 radical (unpaired) electrons. The SMILES string of the molecule is CCCCNC(=O)N[C@@H](CC(N)=O)C(=O)O. The van der Waals surface area contributed by atoms with Crippen LogP contribution in [0.5, 0.6) is 0 Å². The third-order valence-electron chi connectivity index (χ3n) is 1.82. The van der Waals surface area contributed by atoms with Gasteiger partial charge in [0.2, 0.25) is 5.91 Å². The number of nitrogens with one attached hydrogen (secondary N) is 2. The van der Waals surface area contributed by atoms with Crippen molar-refractivity contribution in [2.24, 2.45) is 5.73 Å². The minimum Gasteiger partial charge on any atom is -0.480 e. The molecule has 7 heteroatoms. The highest BCUT2D eigenvalue weighted by atomic mass is 16.4. The van der Waals surface area contributed by atoms with Gasteiger partial charge in [-0.05, 0) is 6.42 Å². The fraction of sp³-hybridized carbons (Fsp3) is 0.667. The average Bonchev–Trinajstić information content (AvgIpc) is 2.16. The van der Waals surface area contributed by atoms with Gasteiger partial charge in [-0.25, -0.2) is 9.59 Å². The van der Waals surface area contributed by atoms with Crippen LogP contribution in [0, 0.1) is 0 Å². The highest BCUT2D eigenvalue weighted by Crippen LogP contribution is 1.91. The van der Waals surface area contributed by atoms with Gasteiger partial charge in [-0.2, -0.15) is 0 Å². The monoisotopic (exact) mass is 231 g/mol. The first-order chi connectivity index (χ1) is 7.47. The van der Waals surface area contributed by atoms with E-state index < -0.39 is 30.4 Å². The molecule has 0 saturated carbocycles. The molecule has 1 atom stereocenters. The number of urea groups is 1. The number of hydrogen-bond donors (Lipinski definition) is 4. The third-order valence-corrected chi connectivity index (χ3v) is 1.82. The maximum atomic E-state index is 11.2. The molecular formula is C9H17N3O4. The molecule has 0 rings (SSSR count). The van der Waals surface area contributed by atoms with E-state index in [-0.39, 0.29) is 0 Å². The van der Waals surface area contributed by atoms with Gasteiger partial charge in [-0.15, -0.1) is 0 Å². The number of carboxylic acid groups (broad SMARTS) is 1. The molecule has 16 heavy (non-hydrogen) atoms. The van der Waals surface area contributed by atoms with Crippen LogP contribution in [0.3, 0.4) is 0 Å². The normalized spacial score (nSPS) is 11.6. The Morgan fingerprint density at radius 1 is 1.38 bits per heavy atom. The number of aliphatic carboxylic acids is 1. The molecule has 7 nitrogen and oxygen atoms in total. The van der Waals surface area contributed by atoms with Gasteiger partial charge in [0.15, 0.2) is 0 Å². The molecule has 0 unspecified atom stereocenters. The van der Waals surface area contributed by atoms with Crippen LogP contribution in [0.4, 0.5) is 4.79 Å². The molecule has 5 N–H and O–H groups in total. The molecule has 0 saturated heterocycles. The van der Waals surface area contributed by atoms with Gasteiger partial charge in [-0.3, -0.25) is 4.79 Å². The fourth-order valence-electron chi connectivity index (χ4n) is 0.989. The van der Waals surface area contributed by atoms with Gasteiger partial charge in [0.1, 0.15) is 6.04 Å². The molecule has 0 aliphatic rings. The molecule has 92 valence electrons. The molecule has 0 heterocycles. The van der Waals surface area contributed by atoms with Crippen molar-refractivity contribution in [3.8, 4) is 0 Å². The maximum Gasteiger partial charge on any atom is 0.326 e. The Labute approximate surface area is 93.4 Å². The van der Waals surface area contributed by atoms with Crippen molar-refractivity contribution in [1.82, 2.24) is 10.6 Å². The van der Waals surface area contributed by atoms with E-state index in [9.17, 15) is 14.4 Å². The van der Waals surface area contributed by atoms with E-state index in [1.54, 1.807) is 0 Å². The lowest BCUT2D eigenvalue weighted by Gasteiger charge is -2.13. The minimum absolute atomic E-state index is 0.420. The van der Waals surface area contributed by atoms with Gasteiger partial charge in [0, 0.05) is 6.54 Å². The Bertz CT molecular complexity index is 267. The first-order valence-corrected chi connectivity index (χ1v) is 5.02. The average molecular weight is 231 g/mol. The summed E-state index contributed by atoms with van der Waals surface area (Å²) in [6.07, 6.45) is 1.31. The predicted octanol–water partition coefficient (Wildman–Crippen LogP) is -0.586. The summed E-state index contributed by atoms with van der Waals surface area (Å²) in [6.45, 7) is 2.43. The van der Waals surface area contributed by atoms with Gasteiger partial charge in [0.25, 0.3) is 0 Å². The van der Waals surface area contributed by atoms with E-state index in [1.165, 1.54) is 0 Å². The number of unbranched alkanes of at least 4 members (excludes halogenated alkanes) is 1. The molecule has 0 bridgehead atoms. The number of rotatable bonds is 7. The van der Waals surface area contributed by atoms with Crippen LogP contribution in [-0.2, 0) is 9.59 Å². The highest BCUT2D eigenvalue weighted by Gasteiger charge is 2.21. The summed E-state index contributed by atoms with van der Waals surface area (Å²) in [5.74, 6) is -2.06. The number of amides is 3. The molecular weight excluding hydrogens is 214 g/mol. The van der Waals surface area contributed by atoms with Gasteiger partial charge >= 0.3 is 12.0 Å². The van der Waals surface area contributed by atoms with Gasteiger partial charge in [-0.1, -0.05) is 13.3 Å². The summed E-state index contributed by atoms with van der Waals surface area (Å²) in [6, 6.07) is -1.89. The Hall–Kier alpha value is -1.79. The van der Waals surface area contributed by atoms with Crippen molar-refractivity contribution < 1.29 is 19.5 Å². The van der Waals surface area contributed by atoms with E-state index in [0.29, 0.717) is 6.54 Å². The van der Waals surface area contributed by atoms with Crippen molar-refractivity contribution in [1.29, 1.82) is 0 Å². The van der Waals surface area contributed by atoms with Crippen LogP contribution in [0.1, 0.15) is 26.2 Å². The Morgan fingerprint density at radius 2 is 2.00 bits per heavy atom. The van der Waals surface area contributed by atoms with Crippen LogP contribution in [-0.4, -0.2) is 35.6 Å². The zero-order valence-corrected chi connectivity index (χ0v) is 9.16. The number of carbonyl (C=O) groups excluding carboxylic acids is 2. The molecule has 0 aliphatic heterocycles. The Morgan fingerprint density at radius 3 is 2.44 bits per heavy atom. The lowest BCUT2D eigenvalue weighted by Crippen LogP contribution is -2.47. The largest absolute Gasteiger partial charge is 0.480 e. The first kappa shape index (κ1) is 14.2. The third kappa shape index (κ3) is 6.63. The number of carbonyl (C=O) groups is 3. The molecule has 0 aromatic heterocycles. The smallest absolute Gasteiger partial charge is 0.326 e. The second-order valence-corrected chi connectivity index (χ2v) is 3.32. The van der Waals surface area contributed by atoms with E-state index in [4.69, 9.17) is 10.8 Å². The zero-order valence-electron chi connectivity index (χ0n) is 9.16. The van der Waals surface area contributed by atoms with Crippen LogP contribution < -0.4 is 16.4 Å². The summed E-state index contributed by atoms with van der Waals surface area (Å²) < 4.78 is 0. The summed E-state index contributed by atoms with van der Waals surface area (Å²) in [5, 5.41) is 13.3. The summed E-state index contributed by atoms with van der Waals surface area (Å²) in [7, 11) is 0. The van der Waals surface area contributed by atoms with Gasteiger partial charge in [0.05, 0.1) is 6.42 Å². The van der Waals surface area contributed by atoms with E-state index in [2.05, 4.69) is 10.6 Å². The zero-order chi connectivity index (χ0) is 12.6. The quantitative estimate of drug-likeness (QED) is 0.437. The second kappa shape index (κ2) is 7.49. The predicted molar refractivity (Wildman–Crippen MR) is 56.7 cm³/mol. The highest BCUT2D eigenvalue weighted by molar-refractivity contribution is 5.87. The molecule has 0 spiro atoms. The summed E-state index contributed by atoms with van der Waals surface area (Å²) in [5.41, 5.74) is 4.85. The van der Waals surface area contributed by atoms with E-state index in [1.807, 2.05) is 6.92 Å². The lowest BCUT2D eigenvalue weighted by molar-refractivity contribution is -0.140. The van der Waals surface area contributed by atoms with Gasteiger partial charge < -0.3 is 21.5 Å². The van der Waals surface area contributed by atoms with Crippen molar-refractivity contribution in [2.45, 2.75) is 32.2 Å². The first-order valence-electron chi connectivity index (χ1n) is 5.02. The Kier molecular flexibility index (Phi) is 6.66. The summed E-state index contributed by atoms with van der Waals surface area (Å²) in [4.78, 5) is 32.4. The number of primary amides is 1. The van der Waals surface area contributed by atoms with Crippen LogP contribution in [0.25, 0.3) is 0 Å². The standard InChI is InChI=1S/C9H17N3O4/c1-2-3-4-11-9(16)12-6(8(14)15)5-7(10)13/h6H,2-5H2,1H3,(H2,10,13)(H,14,15)(H2,11,12,16)/t6-/m0/s1. The molecule has 0 aliphatic carbocycles. The fourth-order valence-corrected chi connectivity index (χ4v) is 0.989. The topological polar surface area (TPSA) is 122 Å². The Balaban J connectivity index is 4.03. The van der Waals surface area contributed by atoms with Crippen molar-refractivity contribution >= 4 is 17.9 Å². The number of nitrogens with two attached hydrogens (primary N) is 1. The minimum atomic E-state index is -1.29. The van der Waals surface area contributed by atoms with Crippen LogP contribution in [0.15, 0.2) is 0 Å². The van der Waals surface area contributed by atoms with Crippen molar-refractivity contribution in [3.63, 3.8) is 0 Å². The summed E-state index contributed by atoms with van der Waals surface area (Å²) >= 11 is 0. The van der Waals surface area contributed by atoms with E-state index in [0.717, 1.165) is 12.8 Å². The molecule has 0 aromatic carbocycles.